The summed E-state index contributed by atoms with van der Waals surface area (Å²) < 4.78 is 0. The van der Waals surface area contributed by atoms with E-state index in [9.17, 15) is 4.79 Å². The van der Waals surface area contributed by atoms with Gasteiger partial charge in [0, 0.05) is 41.8 Å². The number of H-pyrrole nitrogens is 1. The number of rotatable bonds is 6. The molecule has 1 aromatic heterocycles. The highest BCUT2D eigenvalue weighted by Crippen LogP contribution is 2.53. The number of amides is 2. The highest BCUT2D eigenvalue weighted by Gasteiger charge is 2.43. The number of nitrogens with one attached hydrogen (secondary N) is 3. The molecule has 33 heavy (non-hydrogen) atoms. The zero-order valence-corrected chi connectivity index (χ0v) is 19.2. The van der Waals surface area contributed by atoms with Crippen LogP contribution in [0.5, 0.6) is 0 Å². The van der Waals surface area contributed by atoms with Crippen LogP contribution in [-0.4, -0.2) is 28.5 Å². The number of benzene rings is 2. The SMILES string of the molecule is O=C(NCc1c[nH]c2ccccc12)NC1CCC(CCN2C3CCC2c2ccccc23)CC1. The molecule has 1 saturated carbocycles. The number of hydrogen-bond donors (Lipinski definition) is 3. The second-order valence-electron chi connectivity index (χ2n) is 10.2. The summed E-state index contributed by atoms with van der Waals surface area (Å²) in [5.41, 5.74) is 5.40. The molecule has 5 heteroatoms. The fraction of sp³-hybridized carbons (Fsp3) is 0.464. The van der Waals surface area contributed by atoms with Crippen LogP contribution in [0.4, 0.5) is 4.79 Å². The smallest absolute Gasteiger partial charge is 0.315 e. The lowest BCUT2D eigenvalue weighted by molar-refractivity contribution is 0.185. The third kappa shape index (κ3) is 4.04. The summed E-state index contributed by atoms with van der Waals surface area (Å²) in [5.74, 6) is 0.792. The van der Waals surface area contributed by atoms with Gasteiger partial charge in [0.2, 0.25) is 0 Å². The van der Waals surface area contributed by atoms with Crippen LogP contribution in [-0.2, 0) is 6.54 Å². The quantitative estimate of drug-likeness (QED) is 0.451. The van der Waals surface area contributed by atoms with Gasteiger partial charge in [0.1, 0.15) is 0 Å². The Balaban J connectivity index is 0.939. The highest BCUT2D eigenvalue weighted by molar-refractivity contribution is 5.83. The van der Waals surface area contributed by atoms with E-state index in [4.69, 9.17) is 0 Å². The minimum absolute atomic E-state index is 0.0462. The van der Waals surface area contributed by atoms with E-state index in [0.29, 0.717) is 24.7 Å². The van der Waals surface area contributed by atoms with Crippen molar-refractivity contribution in [3.05, 3.63) is 71.4 Å². The van der Waals surface area contributed by atoms with Crippen LogP contribution >= 0.6 is 0 Å². The second kappa shape index (κ2) is 8.86. The molecular formula is C28H34N4O. The first-order chi connectivity index (χ1) is 16.3. The summed E-state index contributed by atoms with van der Waals surface area (Å²) in [4.78, 5) is 18.5. The molecule has 3 heterocycles. The summed E-state index contributed by atoms with van der Waals surface area (Å²) in [7, 11) is 0. The Bertz CT molecular complexity index is 1100. The van der Waals surface area contributed by atoms with Gasteiger partial charge in [0.15, 0.2) is 0 Å². The Morgan fingerprint density at radius 2 is 1.61 bits per heavy atom. The van der Waals surface area contributed by atoms with Gasteiger partial charge in [-0.05, 0) is 80.2 Å². The molecule has 2 fully saturated rings. The van der Waals surface area contributed by atoms with Crippen molar-refractivity contribution in [3.63, 3.8) is 0 Å². The van der Waals surface area contributed by atoms with Crippen LogP contribution in [0.1, 0.15) is 73.7 Å². The molecule has 2 unspecified atom stereocenters. The number of fused-ring (bicyclic) bond motifs is 6. The van der Waals surface area contributed by atoms with E-state index in [2.05, 4.69) is 56.9 Å². The molecular weight excluding hydrogens is 408 g/mol. The minimum atomic E-state index is -0.0462. The number of urea groups is 1. The number of carbonyl (C=O) groups is 1. The Hall–Kier alpha value is -2.79. The lowest BCUT2D eigenvalue weighted by atomic mass is 9.84. The molecule has 6 rings (SSSR count). The van der Waals surface area contributed by atoms with Crippen molar-refractivity contribution < 1.29 is 4.79 Å². The van der Waals surface area contributed by atoms with Crippen molar-refractivity contribution in [2.75, 3.05) is 6.54 Å². The number of hydrogen-bond acceptors (Lipinski definition) is 2. The van der Waals surface area contributed by atoms with Crippen molar-refractivity contribution in [2.24, 2.45) is 5.92 Å². The Morgan fingerprint density at radius 1 is 0.909 bits per heavy atom. The maximum Gasteiger partial charge on any atom is 0.315 e. The molecule has 1 aliphatic carbocycles. The van der Waals surface area contributed by atoms with Gasteiger partial charge < -0.3 is 15.6 Å². The first-order valence-electron chi connectivity index (χ1n) is 12.7. The van der Waals surface area contributed by atoms with Crippen molar-refractivity contribution in [1.82, 2.24) is 20.5 Å². The predicted molar refractivity (Wildman–Crippen MR) is 132 cm³/mol. The van der Waals surface area contributed by atoms with Gasteiger partial charge in [-0.1, -0.05) is 42.5 Å². The molecule has 2 aromatic carbocycles. The largest absolute Gasteiger partial charge is 0.361 e. The fourth-order valence-electron chi connectivity index (χ4n) is 6.58. The standard InChI is InChI=1S/C28H34N4O/c33-28(30-18-20-17-29-25-8-4-3-5-22(20)25)31-21-11-9-19(10-12-21)15-16-32-26-13-14-27(32)24-7-2-1-6-23(24)26/h1-8,17,19,21,26-27,29H,9-16,18H2,(H2,30,31,33). The second-order valence-corrected chi connectivity index (χ2v) is 10.2. The van der Waals surface area contributed by atoms with Crippen molar-refractivity contribution >= 4 is 16.9 Å². The zero-order chi connectivity index (χ0) is 22.2. The molecule has 2 aliphatic heterocycles. The molecule has 2 amide bonds. The van der Waals surface area contributed by atoms with Gasteiger partial charge in [-0.25, -0.2) is 4.79 Å². The molecule has 3 aliphatic rings. The predicted octanol–water partition coefficient (Wildman–Crippen LogP) is 5.81. The number of para-hydroxylation sites is 1. The summed E-state index contributed by atoms with van der Waals surface area (Å²) in [5, 5.41) is 7.43. The van der Waals surface area contributed by atoms with Gasteiger partial charge >= 0.3 is 6.03 Å². The van der Waals surface area contributed by atoms with Gasteiger partial charge in [0.05, 0.1) is 0 Å². The summed E-state index contributed by atoms with van der Waals surface area (Å²) in [6.07, 6.45) is 10.6. The van der Waals surface area contributed by atoms with E-state index in [1.807, 2.05) is 18.3 Å². The van der Waals surface area contributed by atoms with Crippen LogP contribution in [0.3, 0.4) is 0 Å². The van der Waals surface area contributed by atoms with Crippen LogP contribution in [0.25, 0.3) is 10.9 Å². The molecule has 3 N–H and O–H groups in total. The van der Waals surface area contributed by atoms with E-state index < -0.39 is 0 Å². The minimum Gasteiger partial charge on any atom is -0.361 e. The Labute approximate surface area is 195 Å². The Kier molecular flexibility index (Phi) is 5.58. The van der Waals surface area contributed by atoms with Gasteiger partial charge in [-0.15, -0.1) is 0 Å². The third-order valence-corrected chi connectivity index (χ3v) is 8.32. The van der Waals surface area contributed by atoms with E-state index in [0.717, 1.165) is 29.8 Å². The summed E-state index contributed by atoms with van der Waals surface area (Å²) in [6, 6.07) is 18.9. The molecule has 1 saturated heterocycles. The molecule has 0 spiro atoms. The molecule has 0 radical (unpaired) electrons. The van der Waals surface area contributed by atoms with E-state index in [1.165, 1.54) is 44.0 Å². The van der Waals surface area contributed by atoms with Crippen LogP contribution in [0, 0.1) is 5.92 Å². The maximum absolute atomic E-state index is 12.5. The topological polar surface area (TPSA) is 60.2 Å². The summed E-state index contributed by atoms with van der Waals surface area (Å²) >= 11 is 0. The first kappa shape index (κ1) is 20.8. The molecule has 172 valence electrons. The number of carbonyl (C=O) groups excluding carboxylic acids is 1. The number of aromatic nitrogens is 1. The van der Waals surface area contributed by atoms with Crippen LogP contribution < -0.4 is 10.6 Å². The Morgan fingerprint density at radius 3 is 2.36 bits per heavy atom. The van der Waals surface area contributed by atoms with Crippen molar-refractivity contribution in [3.8, 4) is 0 Å². The average molecular weight is 443 g/mol. The normalized spacial score (nSPS) is 26.4. The highest BCUT2D eigenvalue weighted by atomic mass is 16.2. The fourth-order valence-corrected chi connectivity index (χ4v) is 6.58. The van der Waals surface area contributed by atoms with Gasteiger partial charge in [-0.3, -0.25) is 4.90 Å². The first-order valence-corrected chi connectivity index (χ1v) is 12.7. The van der Waals surface area contributed by atoms with Crippen molar-refractivity contribution in [2.45, 2.75) is 69.6 Å². The average Bonchev–Trinajstić information content (AvgIpc) is 3.54. The van der Waals surface area contributed by atoms with E-state index >= 15 is 0 Å². The monoisotopic (exact) mass is 442 g/mol. The molecule has 3 aromatic rings. The van der Waals surface area contributed by atoms with Crippen molar-refractivity contribution in [1.29, 1.82) is 0 Å². The van der Waals surface area contributed by atoms with Crippen LogP contribution in [0.2, 0.25) is 0 Å². The molecule has 2 bridgehead atoms. The van der Waals surface area contributed by atoms with Crippen LogP contribution in [0.15, 0.2) is 54.7 Å². The number of aromatic amines is 1. The van der Waals surface area contributed by atoms with E-state index in [1.54, 1.807) is 11.1 Å². The maximum atomic E-state index is 12.5. The van der Waals surface area contributed by atoms with E-state index in [-0.39, 0.29) is 6.03 Å². The van der Waals surface area contributed by atoms with Gasteiger partial charge in [-0.2, -0.15) is 0 Å². The zero-order valence-electron chi connectivity index (χ0n) is 19.2. The molecule has 5 nitrogen and oxygen atoms in total. The summed E-state index contributed by atoms with van der Waals surface area (Å²) in [6.45, 7) is 1.77. The third-order valence-electron chi connectivity index (χ3n) is 8.32. The van der Waals surface area contributed by atoms with Gasteiger partial charge in [0.25, 0.3) is 0 Å². The number of nitrogens with zero attached hydrogens (tertiary/aromatic N) is 1. The lowest BCUT2D eigenvalue weighted by Crippen LogP contribution is -2.43. The lowest BCUT2D eigenvalue weighted by Gasteiger charge is -2.31. The molecule has 2 atom stereocenters.